The first-order valence-corrected chi connectivity index (χ1v) is 9.02. The molecule has 0 radical (unpaired) electrons. The van der Waals surface area contributed by atoms with Gasteiger partial charge in [-0.15, -0.1) is 0 Å². The van der Waals surface area contributed by atoms with Crippen LogP contribution in [0.3, 0.4) is 0 Å². The zero-order valence-electron chi connectivity index (χ0n) is 16.0. The average molecular weight is 367 g/mol. The fourth-order valence-corrected chi connectivity index (χ4v) is 3.17. The van der Waals surface area contributed by atoms with Crippen LogP contribution < -0.4 is 14.8 Å². The number of aromatic nitrogens is 2. The Morgan fingerprint density at radius 1 is 1.11 bits per heavy atom. The number of fused-ring (bicyclic) bond motifs is 1. The molecule has 0 saturated carbocycles. The molecule has 0 unspecified atom stereocenters. The fourth-order valence-electron chi connectivity index (χ4n) is 3.17. The molecular formula is C21H25N3O3. The van der Waals surface area contributed by atoms with Gasteiger partial charge in [0.1, 0.15) is 5.65 Å². The number of benzene rings is 1. The molecule has 3 aromatic rings. The van der Waals surface area contributed by atoms with Crippen molar-refractivity contribution in [1.29, 1.82) is 0 Å². The molecule has 0 aliphatic rings. The van der Waals surface area contributed by atoms with Crippen molar-refractivity contribution >= 4 is 11.6 Å². The highest BCUT2D eigenvalue weighted by atomic mass is 16.5. The maximum Gasteiger partial charge on any atom is 0.220 e. The second-order valence-corrected chi connectivity index (χ2v) is 6.36. The normalized spacial score (nSPS) is 10.8. The van der Waals surface area contributed by atoms with Gasteiger partial charge in [-0.3, -0.25) is 4.79 Å². The molecule has 1 aromatic carbocycles. The molecule has 1 N–H and O–H groups in total. The summed E-state index contributed by atoms with van der Waals surface area (Å²) in [6, 6.07) is 11.7. The van der Waals surface area contributed by atoms with Gasteiger partial charge < -0.3 is 19.2 Å². The van der Waals surface area contributed by atoms with Crippen molar-refractivity contribution in [3.05, 3.63) is 59.5 Å². The van der Waals surface area contributed by atoms with Crippen LogP contribution in [-0.4, -0.2) is 36.1 Å². The molecule has 0 fully saturated rings. The van der Waals surface area contributed by atoms with Crippen LogP contribution in [0, 0.1) is 6.92 Å². The van der Waals surface area contributed by atoms with Gasteiger partial charge in [-0.2, -0.15) is 0 Å². The molecule has 2 aromatic heterocycles. The lowest BCUT2D eigenvalue weighted by molar-refractivity contribution is -0.121. The van der Waals surface area contributed by atoms with E-state index in [2.05, 4.69) is 10.3 Å². The second kappa shape index (κ2) is 8.58. The molecule has 6 heteroatoms. The van der Waals surface area contributed by atoms with Gasteiger partial charge in [0.25, 0.3) is 0 Å². The lowest BCUT2D eigenvalue weighted by Gasteiger charge is -2.10. The predicted molar refractivity (Wildman–Crippen MR) is 105 cm³/mol. The van der Waals surface area contributed by atoms with E-state index in [9.17, 15) is 4.79 Å². The van der Waals surface area contributed by atoms with Crippen LogP contribution in [0.5, 0.6) is 11.5 Å². The van der Waals surface area contributed by atoms with E-state index in [0.717, 1.165) is 29.0 Å². The van der Waals surface area contributed by atoms with Crippen molar-refractivity contribution in [3.8, 4) is 11.5 Å². The van der Waals surface area contributed by atoms with E-state index < -0.39 is 0 Å². The number of ether oxygens (including phenoxy) is 2. The van der Waals surface area contributed by atoms with Crippen LogP contribution in [-0.2, 0) is 17.6 Å². The van der Waals surface area contributed by atoms with Gasteiger partial charge in [-0.1, -0.05) is 12.1 Å². The van der Waals surface area contributed by atoms with E-state index in [1.165, 1.54) is 0 Å². The van der Waals surface area contributed by atoms with Crippen molar-refractivity contribution in [2.24, 2.45) is 0 Å². The number of hydrogen-bond acceptors (Lipinski definition) is 4. The van der Waals surface area contributed by atoms with Crippen molar-refractivity contribution in [3.63, 3.8) is 0 Å². The highest BCUT2D eigenvalue weighted by Crippen LogP contribution is 2.27. The van der Waals surface area contributed by atoms with Crippen molar-refractivity contribution in [1.82, 2.24) is 14.7 Å². The lowest BCUT2D eigenvalue weighted by atomic mass is 10.1. The summed E-state index contributed by atoms with van der Waals surface area (Å²) < 4.78 is 12.6. The van der Waals surface area contributed by atoms with Crippen LogP contribution in [0.25, 0.3) is 5.65 Å². The maximum atomic E-state index is 12.2. The topological polar surface area (TPSA) is 64.9 Å². The standard InChI is InChI=1S/C21H25N3O3/c1-15-17(24-13-5-4-6-20(24)23-15)8-10-21(25)22-12-11-16-7-9-18(26-2)19(14-16)27-3/h4-7,9,13-14H,8,10-12H2,1-3H3,(H,22,25). The molecule has 3 rings (SSSR count). The Bertz CT molecular complexity index is 934. The number of amides is 1. The first-order chi connectivity index (χ1) is 13.1. The number of carbonyl (C=O) groups excluding carboxylic acids is 1. The minimum Gasteiger partial charge on any atom is -0.493 e. The summed E-state index contributed by atoms with van der Waals surface area (Å²) in [5, 5.41) is 2.99. The Labute approximate surface area is 159 Å². The molecule has 0 saturated heterocycles. The first kappa shape index (κ1) is 18.8. The van der Waals surface area contributed by atoms with Crippen molar-refractivity contribution < 1.29 is 14.3 Å². The Morgan fingerprint density at radius 3 is 2.70 bits per heavy atom. The number of methoxy groups -OCH3 is 2. The van der Waals surface area contributed by atoms with Gasteiger partial charge >= 0.3 is 0 Å². The van der Waals surface area contributed by atoms with Crippen molar-refractivity contribution in [2.75, 3.05) is 20.8 Å². The lowest BCUT2D eigenvalue weighted by Crippen LogP contribution is -2.26. The van der Waals surface area contributed by atoms with E-state index >= 15 is 0 Å². The van der Waals surface area contributed by atoms with E-state index in [-0.39, 0.29) is 5.91 Å². The molecule has 0 aliphatic carbocycles. The third kappa shape index (κ3) is 4.39. The van der Waals surface area contributed by atoms with Gasteiger partial charge in [-0.05, 0) is 49.6 Å². The molecular weight excluding hydrogens is 342 g/mol. The first-order valence-electron chi connectivity index (χ1n) is 9.02. The van der Waals surface area contributed by atoms with E-state index in [0.29, 0.717) is 30.9 Å². The van der Waals surface area contributed by atoms with Gasteiger partial charge in [-0.25, -0.2) is 4.98 Å². The fraction of sp³-hybridized carbons (Fsp3) is 0.333. The van der Waals surface area contributed by atoms with E-state index in [4.69, 9.17) is 9.47 Å². The van der Waals surface area contributed by atoms with E-state index in [1.807, 2.05) is 53.9 Å². The molecule has 0 atom stereocenters. The smallest absolute Gasteiger partial charge is 0.220 e. The van der Waals surface area contributed by atoms with Crippen LogP contribution in [0.15, 0.2) is 42.6 Å². The number of nitrogens with zero attached hydrogens (tertiary/aromatic N) is 2. The van der Waals surface area contributed by atoms with Crippen LogP contribution >= 0.6 is 0 Å². The third-order valence-electron chi connectivity index (χ3n) is 4.60. The predicted octanol–water partition coefficient (Wildman–Crippen LogP) is 2.95. The summed E-state index contributed by atoms with van der Waals surface area (Å²) in [7, 11) is 3.23. The average Bonchev–Trinajstić information content (AvgIpc) is 3.01. The van der Waals surface area contributed by atoms with E-state index in [1.54, 1.807) is 14.2 Å². The van der Waals surface area contributed by atoms with Gasteiger partial charge in [0.05, 0.1) is 19.9 Å². The Kier molecular flexibility index (Phi) is 5.96. The number of carbonyl (C=O) groups is 1. The molecule has 2 heterocycles. The number of pyridine rings is 1. The second-order valence-electron chi connectivity index (χ2n) is 6.36. The number of hydrogen-bond donors (Lipinski definition) is 1. The summed E-state index contributed by atoms with van der Waals surface area (Å²) in [5.74, 6) is 1.44. The molecule has 0 bridgehead atoms. The Hall–Kier alpha value is -3.02. The number of aryl methyl sites for hydroxylation is 2. The Morgan fingerprint density at radius 2 is 1.93 bits per heavy atom. The quantitative estimate of drug-likeness (QED) is 0.665. The van der Waals surface area contributed by atoms with Gasteiger partial charge in [0.2, 0.25) is 5.91 Å². The largest absolute Gasteiger partial charge is 0.493 e. The number of imidazole rings is 1. The molecule has 1 amide bonds. The molecule has 6 nitrogen and oxygen atoms in total. The molecule has 0 aliphatic heterocycles. The minimum atomic E-state index is 0.0424. The van der Waals surface area contributed by atoms with Crippen molar-refractivity contribution in [2.45, 2.75) is 26.2 Å². The summed E-state index contributed by atoms with van der Waals surface area (Å²) in [4.78, 5) is 16.7. The maximum absolute atomic E-state index is 12.2. The molecule has 27 heavy (non-hydrogen) atoms. The zero-order valence-corrected chi connectivity index (χ0v) is 16.0. The highest BCUT2D eigenvalue weighted by Gasteiger charge is 2.10. The van der Waals surface area contributed by atoms with Gasteiger partial charge in [0, 0.05) is 24.9 Å². The zero-order chi connectivity index (χ0) is 19.2. The van der Waals surface area contributed by atoms with Crippen LogP contribution in [0.4, 0.5) is 0 Å². The van der Waals surface area contributed by atoms with Crippen LogP contribution in [0.1, 0.15) is 23.4 Å². The Balaban J connectivity index is 1.51. The SMILES string of the molecule is COc1ccc(CCNC(=O)CCc2c(C)nc3ccccn23)cc1OC. The highest BCUT2D eigenvalue weighted by molar-refractivity contribution is 5.76. The van der Waals surface area contributed by atoms with Gasteiger partial charge in [0.15, 0.2) is 11.5 Å². The minimum absolute atomic E-state index is 0.0424. The van der Waals surface area contributed by atoms with Crippen LogP contribution in [0.2, 0.25) is 0 Å². The summed E-state index contributed by atoms with van der Waals surface area (Å²) >= 11 is 0. The third-order valence-corrected chi connectivity index (χ3v) is 4.60. The summed E-state index contributed by atoms with van der Waals surface area (Å²) in [5.41, 5.74) is 4.06. The number of rotatable bonds is 8. The summed E-state index contributed by atoms with van der Waals surface area (Å²) in [6.07, 6.45) is 3.83. The summed E-state index contributed by atoms with van der Waals surface area (Å²) in [6.45, 7) is 2.57. The molecule has 0 spiro atoms. The monoisotopic (exact) mass is 367 g/mol. The number of nitrogens with one attached hydrogen (secondary N) is 1. The molecule has 142 valence electrons.